The average Bonchev–Trinajstić information content (AvgIpc) is 3.60. The number of halogens is 2. The van der Waals surface area contributed by atoms with Crippen LogP contribution in [0.25, 0.3) is 10.9 Å². The summed E-state index contributed by atoms with van der Waals surface area (Å²) >= 11 is 6.25. The third-order valence-corrected chi connectivity index (χ3v) is 6.46. The zero-order valence-corrected chi connectivity index (χ0v) is 18.0. The molecule has 1 aliphatic carbocycles. The van der Waals surface area contributed by atoms with Crippen LogP contribution in [0.1, 0.15) is 48.5 Å². The van der Waals surface area contributed by atoms with Crippen molar-refractivity contribution in [1.29, 1.82) is 0 Å². The van der Waals surface area contributed by atoms with Gasteiger partial charge >= 0.3 is 5.97 Å². The molecule has 166 valence electrons. The molecular weight excluding hydrogens is 425 g/mol. The van der Waals surface area contributed by atoms with Crippen LogP contribution in [-0.2, 0) is 0 Å². The minimum Gasteiger partial charge on any atom is -0.492 e. The summed E-state index contributed by atoms with van der Waals surface area (Å²) in [6.45, 7) is 1.41. The molecule has 1 aromatic carbocycles. The Hall–Kier alpha value is -2.58. The fourth-order valence-electron chi connectivity index (χ4n) is 4.35. The zero-order chi connectivity index (χ0) is 22.3. The smallest absolute Gasteiger partial charge is 0.341 e. The number of benzene rings is 1. The molecule has 1 aromatic heterocycles. The number of pyridine rings is 1. The van der Waals surface area contributed by atoms with Gasteiger partial charge in [-0.05, 0) is 38.2 Å². The highest BCUT2D eigenvalue weighted by Gasteiger charge is 2.31. The highest BCUT2D eigenvalue weighted by atomic mass is 35.5. The fraction of sp³-hybridized carbons (Fsp3) is 0.455. The van der Waals surface area contributed by atoms with Crippen LogP contribution in [-0.4, -0.2) is 42.4 Å². The lowest BCUT2D eigenvalue weighted by Crippen LogP contribution is -2.27. The molecule has 2 fully saturated rings. The van der Waals surface area contributed by atoms with Gasteiger partial charge in [0, 0.05) is 36.9 Å². The summed E-state index contributed by atoms with van der Waals surface area (Å²) in [7, 11) is 1.44. The Morgan fingerprint density at radius 2 is 2.10 bits per heavy atom. The number of fused-ring (bicyclic) bond motifs is 1. The summed E-state index contributed by atoms with van der Waals surface area (Å²) in [6.07, 6.45) is 5.31. The Kier molecular flexibility index (Phi) is 5.94. The van der Waals surface area contributed by atoms with Crippen LogP contribution >= 0.6 is 11.6 Å². The van der Waals surface area contributed by atoms with E-state index in [0.717, 1.165) is 37.3 Å². The second-order valence-electron chi connectivity index (χ2n) is 8.01. The van der Waals surface area contributed by atoms with Crippen LogP contribution in [0.2, 0.25) is 0 Å². The monoisotopic (exact) mass is 449 g/mol. The quantitative estimate of drug-likeness (QED) is 0.723. The molecule has 0 amide bonds. The van der Waals surface area contributed by atoms with Gasteiger partial charge in [0.2, 0.25) is 5.43 Å². The molecule has 2 aliphatic rings. The third kappa shape index (κ3) is 3.90. The Morgan fingerprint density at radius 3 is 2.71 bits per heavy atom. The van der Waals surface area contributed by atoms with Crippen molar-refractivity contribution < 1.29 is 19.0 Å². The Labute approximate surface area is 183 Å². The molecule has 1 saturated heterocycles. The maximum Gasteiger partial charge on any atom is 0.341 e. The van der Waals surface area contributed by atoms with E-state index in [2.05, 4.69) is 0 Å². The highest BCUT2D eigenvalue weighted by molar-refractivity contribution is 6.30. The van der Waals surface area contributed by atoms with Crippen molar-refractivity contribution in [3.05, 3.63) is 44.5 Å². The van der Waals surface area contributed by atoms with E-state index >= 15 is 4.39 Å². The van der Waals surface area contributed by atoms with Gasteiger partial charge in [0.15, 0.2) is 11.6 Å². The molecule has 2 heterocycles. The summed E-state index contributed by atoms with van der Waals surface area (Å²) in [5.74, 6) is -1.68. The molecule has 7 nitrogen and oxygen atoms in total. The lowest BCUT2D eigenvalue weighted by molar-refractivity contribution is 0.0695. The van der Waals surface area contributed by atoms with Crippen LogP contribution in [0.15, 0.2) is 27.7 Å². The van der Waals surface area contributed by atoms with Gasteiger partial charge in [-0.1, -0.05) is 17.2 Å². The van der Waals surface area contributed by atoms with E-state index in [1.807, 2.05) is 4.90 Å². The number of carboxylic acid groups (broad SMARTS) is 1. The van der Waals surface area contributed by atoms with Gasteiger partial charge in [0.25, 0.3) is 0 Å². The van der Waals surface area contributed by atoms with Crippen LogP contribution < -0.4 is 20.8 Å². The lowest BCUT2D eigenvalue weighted by Gasteiger charge is -2.27. The van der Waals surface area contributed by atoms with Gasteiger partial charge in [0.05, 0.1) is 18.0 Å². The van der Waals surface area contributed by atoms with Crippen molar-refractivity contribution in [1.82, 2.24) is 4.57 Å². The maximum atomic E-state index is 15.4. The molecule has 4 rings (SSSR count). The van der Waals surface area contributed by atoms with Gasteiger partial charge in [-0.15, -0.1) is 0 Å². The molecule has 0 unspecified atom stereocenters. The standard InChI is InChI=1S/C22H25ClFN3O4/c1-31-21-18-14(20(28)15(22(29)30)11-27(18)13-4-5-13)9-17(24)19(21)26-7-2-3-12(6-8-26)16(23)10-25/h9,11,13H,2-8,10,25H2,1H3,(H,29,30)/b16-12-. The number of nitrogens with two attached hydrogens (primary N) is 1. The van der Waals surface area contributed by atoms with Crippen LogP contribution in [0, 0.1) is 5.82 Å². The Morgan fingerprint density at radius 1 is 1.35 bits per heavy atom. The average molecular weight is 450 g/mol. The molecule has 9 heteroatoms. The predicted octanol–water partition coefficient (Wildman–Crippen LogP) is 3.62. The molecule has 2 aromatic rings. The van der Waals surface area contributed by atoms with Gasteiger partial charge < -0.3 is 25.0 Å². The van der Waals surface area contributed by atoms with Gasteiger partial charge in [-0.25, -0.2) is 9.18 Å². The SMILES string of the molecule is COc1c(N2CCC/C(=C(/Cl)CN)CC2)c(F)cc2c(=O)c(C(=O)O)cn(C3CC3)c12. The minimum atomic E-state index is -1.33. The third-order valence-electron chi connectivity index (χ3n) is 6.04. The molecular formula is C22H25ClFN3O4. The number of hydrogen-bond acceptors (Lipinski definition) is 5. The van der Waals surface area contributed by atoms with Gasteiger partial charge in [-0.3, -0.25) is 4.79 Å². The summed E-state index contributed by atoms with van der Waals surface area (Å²) in [6, 6.07) is 1.21. The van der Waals surface area contributed by atoms with Gasteiger partial charge in [-0.2, -0.15) is 0 Å². The fourth-order valence-corrected chi connectivity index (χ4v) is 4.54. The second-order valence-corrected chi connectivity index (χ2v) is 8.46. The molecule has 0 atom stereocenters. The number of nitrogens with zero attached hydrogens (tertiary/aromatic N) is 2. The first-order valence-corrected chi connectivity index (χ1v) is 10.7. The van der Waals surface area contributed by atoms with Crippen molar-refractivity contribution in [2.24, 2.45) is 5.73 Å². The molecule has 1 aliphatic heterocycles. The van der Waals surface area contributed by atoms with E-state index in [4.69, 9.17) is 22.1 Å². The molecule has 0 radical (unpaired) electrons. The number of aromatic nitrogens is 1. The van der Waals surface area contributed by atoms with Crippen LogP contribution in [0.4, 0.5) is 10.1 Å². The van der Waals surface area contributed by atoms with Crippen LogP contribution in [0.5, 0.6) is 5.75 Å². The first-order chi connectivity index (χ1) is 14.9. The molecule has 0 bridgehead atoms. The maximum absolute atomic E-state index is 15.4. The predicted molar refractivity (Wildman–Crippen MR) is 118 cm³/mol. The first kappa shape index (κ1) is 21.6. The molecule has 3 N–H and O–H groups in total. The van der Waals surface area contributed by atoms with E-state index < -0.39 is 17.2 Å². The van der Waals surface area contributed by atoms with Crippen molar-refractivity contribution >= 4 is 34.2 Å². The van der Waals surface area contributed by atoms with E-state index in [1.165, 1.54) is 13.3 Å². The van der Waals surface area contributed by atoms with Crippen molar-refractivity contribution in [3.8, 4) is 5.75 Å². The summed E-state index contributed by atoms with van der Waals surface area (Å²) in [5.41, 5.74) is 6.40. The number of hydrogen-bond donors (Lipinski definition) is 2. The number of anilines is 1. The summed E-state index contributed by atoms with van der Waals surface area (Å²) in [4.78, 5) is 26.3. The number of methoxy groups -OCH3 is 1. The first-order valence-electron chi connectivity index (χ1n) is 10.4. The number of carboxylic acids is 1. The van der Waals surface area contributed by atoms with Crippen molar-refractivity contribution in [2.75, 3.05) is 31.6 Å². The van der Waals surface area contributed by atoms with E-state index in [0.29, 0.717) is 30.1 Å². The number of carbonyl (C=O) groups is 1. The second kappa shape index (κ2) is 8.51. The number of aromatic carboxylic acids is 1. The van der Waals surface area contributed by atoms with Crippen LogP contribution in [0.3, 0.4) is 0 Å². The highest BCUT2D eigenvalue weighted by Crippen LogP contribution is 2.44. The van der Waals surface area contributed by atoms with E-state index in [-0.39, 0.29) is 35.0 Å². The zero-order valence-electron chi connectivity index (χ0n) is 17.3. The van der Waals surface area contributed by atoms with Crippen molar-refractivity contribution in [3.63, 3.8) is 0 Å². The largest absolute Gasteiger partial charge is 0.492 e. The topological polar surface area (TPSA) is 97.8 Å². The summed E-state index contributed by atoms with van der Waals surface area (Å²) in [5, 5.41) is 10.1. The van der Waals surface area contributed by atoms with Crippen molar-refractivity contribution in [2.45, 2.75) is 38.1 Å². The Bertz CT molecular complexity index is 1140. The van der Waals surface area contributed by atoms with E-state index in [9.17, 15) is 14.7 Å². The molecule has 0 spiro atoms. The van der Waals surface area contributed by atoms with Gasteiger partial charge in [0.1, 0.15) is 11.3 Å². The number of ether oxygens (including phenoxy) is 1. The van der Waals surface area contributed by atoms with E-state index in [1.54, 1.807) is 4.57 Å². The molecule has 1 saturated carbocycles. The normalized spacial score (nSPS) is 18.8. The lowest BCUT2D eigenvalue weighted by atomic mass is 10.1. The molecule has 31 heavy (non-hydrogen) atoms. The number of rotatable bonds is 5. The summed E-state index contributed by atoms with van der Waals surface area (Å²) < 4.78 is 22.8. The minimum absolute atomic E-state index is 0.0199. The Balaban J connectivity index is 1.90.